The van der Waals surface area contributed by atoms with Crippen molar-refractivity contribution in [1.29, 1.82) is 0 Å². The quantitative estimate of drug-likeness (QED) is 0.671. The molecule has 2 rings (SSSR count). The Bertz CT molecular complexity index is 453. The zero-order chi connectivity index (χ0) is 13.1. The summed E-state index contributed by atoms with van der Waals surface area (Å²) in [5.74, 6) is 1.07. The van der Waals surface area contributed by atoms with Crippen molar-refractivity contribution >= 4 is 23.7 Å². The van der Waals surface area contributed by atoms with Crippen LogP contribution in [0.1, 0.15) is 35.4 Å². The van der Waals surface area contributed by atoms with E-state index < -0.39 is 0 Å². The fourth-order valence-electron chi connectivity index (χ4n) is 2.24. The number of carbonyl (C=O) groups excluding carboxylic acids is 1. The van der Waals surface area contributed by atoms with E-state index in [2.05, 4.69) is 15.3 Å². The molecule has 6 heteroatoms. The van der Waals surface area contributed by atoms with Crippen molar-refractivity contribution in [2.75, 3.05) is 12.4 Å². The molecule has 5 nitrogen and oxygen atoms in total. The predicted octanol–water partition coefficient (Wildman–Crippen LogP) is 2.23. The third kappa shape index (κ3) is 2.79. The second-order valence-corrected chi connectivity index (χ2v) is 4.81. The van der Waals surface area contributed by atoms with Gasteiger partial charge in [0, 0.05) is 13.2 Å². The summed E-state index contributed by atoms with van der Waals surface area (Å²) in [7, 11) is 1.72. The number of anilines is 1. The molecular weight excluding hydrogens is 254 g/mol. The lowest BCUT2D eigenvalue weighted by molar-refractivity contribution is 0.108. The molecule has 18 heavy (non-hydrogen) atoms. The number of halogens is 1. The summed E-state index contributed by atoms with van der Waals surface area (Å²) in [4.78, 5) is 19.2. The molecule has 0 bridgehead atoms. The number of aromatic nitrogens is 2. The molecule has 0 radical (unpaired) electrons. The van der Waals surface area contributed by atoms with Crippen molar-refractivity contribution in [2.45, 2.75) is 38.3 Å². The summed E-state index contributed by atoms with van der Waals surface area (Å²) in [6.07, 6.45) is 3.89. The highest BCUT2D eigenvalue weighted by atomic mass is 35.5. The minimum atomic E-state index is 0.196. The number of rotatable bonds is 4. The Labute approximate surface area is 111 Å². The third-order valence-electron chi connectivity index (χ3n) is 3.19. The molecule has 1 aliphatic carbocycles. The maximum atomic E-state index is 11.0. The van der Waals surface area contributed by atoms with Crippen LogP contribution in [0, 0.1) is 6.92 Å². The average molecular weight is 270 g/mol. The molecule has 2 unspecified atom stereocenters. The van der Waals surface area contributed by atoms with Gasteiger partial charge in [-0.25, -0.2) is 9.97 Å². The first-order valence-electron chi connectivity index (χ1n) is 5.92. The number of aldehydes is 1. The zero-order valence-electron chi connectivity index (χ0n) is 10.4. The van der Waals surface area contributed by atoms with Crippen LogP contribution in [0.4, 0.5) is 5.82 Å². The van der Waals surface area contributed by atoms with Crippen molar-refractivity contribution in [3.63, 3.8) is 0 Å². The van der Waals surface area contributed by atoms with E-state index in [1.165, 1.54) is 0 Å². The summed E-state index contributed by atoms with van der Waals surface area (Å²) < 4.78 is 5.31. The Morgan fingerprint density at radius 1 is 1.44 bits per heavy atom. The van der Waals surface area contributed by atoms with Crippen LogP contribution in [0.3, 0.4) is 0 Å². The zero-order valence-corrected chi connectivity index (χ0v) is 11.2. The normalized spacial score (nSPS) is 23.1. The Morgan fingerprint density at radius 3 is 2.83 bits per heavy atom. The molecular formula is C12H16ClN3O2. The highest BCUT2D eigenvalue weighted by Crippen LogP contribution is 2.26. The predicted molar refractivity (Wildman–Crippen MR) is 69.2 cm³/mol. The maximum Gasteiger partial charge on any atom is 0.156 e. The van der Waals surface area contributed by atoms with E-state index in [9.17, 15) is 4.79 Å². The lowest BCUT2D eigenvalue weighted by Gasteiger charge is -2.15. The smallest absolute Gasteiger partial charge is 0.156 e. The summed E-state index contributed by atoms with van der Waals surface area (Å²) in [6.45, 7) is 1.75. The monoisotopic (exact) mass is 269 g/mol. The highest BCUT2D eigenvalue weighted by Gasteiger charge is 2.25. The van der Waals surface area contributed by atoms with Gasteiger partial charge >= 0.3 is 0 Å². The molecule has 0 spiro atoms. The van der Waals surface area contributed by atoms with Gasteiger partial charge in [-0.05, 0) is 26.2 Å². The van der Waals surface area contributed by atoms with E-state index in [-0.39, 0.29) is 17.3 Å². The molecule has 0 aliphatic heterocycles. The van der Waals surface area contributed by atoms with Gasteiger partial charge in [-0.3, -0.25) is 4.79 Å². The van der Waals surface area contributed by atoms with Gasteiger partial charge in [-0.1, -0.05) is 11.6 Å². The Hall–Kier alpha value is -1.20. The van der Waals surface area contributed by atoms with Gasteiger partial charge in [-0.15, -0.1) is 0 Å². The van der Waals surface area contributed by atoms with E-state index in [4.69, 9.17) is 16.3 Å². The number of ether oxygens (including phenoxy) is 1. The average Bonchev–Trinajstić information content (AvgIpc) is 2.76. The van der Waals surface area contributed by atoms with Crippen LogP contribution in [-0.4, -0.2) is 35.5 Å². The van der Waals surface area contributed by atoms with E-state index in [0.717, 1.165) is 19.3 Å². The van der Waals surface area contributed by atoms with E-state index in [0.29, 0.717) is 23.5 Å². The van der Waals surface area contributed by atoms with Gasteiger partial charge in [0.2, 0.25) is 0 Å². The van der Waals surface area contributed by atoms with E-state index in [1.54, 1.807) is 14.0 Å². The molecule has 1 aromatic heterocycles. The van der Waals surface area contributed by atoms with Gasteiger partial charge in [0.1, 0.15) is 16.8 Å². The lowest BCUT2D eigenvalue weighted by atomic mass is 10.2. The summed E-state index contributed by atoms with van der Waals surface area (Å²) >= 11 is 5.93. The van der Waals surface area contributed by atoms with E-state index in [1.807, 2.05) is 0 Å². The number of aryl methyl sites for hydroxylation is 1. The van der Waals surface area contributed by atoms with Crippen LogP contribution >= 0.6 is 11.6 Å². The third-order valence-corrected chi connectivity index (χ3v) is 3.48. The van der Waals surface area contributed by atoms with Gasteiger partial charge in [0.15, 0.2) is 6.29 Å². The van der Waals surface area contributed by atoms with Gasteiger partial charge in [-0.2, -0.15) is 0 Å². The van der Waals surface area contributed by atoms with Crippen molar-refractivity contribution < 1.29 is 9.53 Å². The van der Waals surface area contributed by atoms with E-state index >= 15 is 0 Å². The number of methoxy groups -OCH3 is 1. The Kier molecular flexibility index (Phi) is 4.14. The standard InChI is InChI=1S/C12H16ClN3O2/c1-7-14-11(13)10(6-17)12(15-7)16-8-3-4-9(5-8)18-2/h6,8-9H,3-5H2,1-2H3,(H,14,15,16). The summed E-state index contributed by atoms with van der Waals surface area (Å²) in [5.41, 5.74) is 0.322. The SMILES string of the molecule is COC1CCC(Nc2nc(C)nc(Cl)c2C=O)C1. The van der Waals surface area contributed by atoms with Crippen LogP contribution < -0.4 is 5.32 Å². The summed E-state index contributed by atoms with van der Waals surface area (Å²) in [5, 5.41) is 3.46. The minimum absolute atomic E-state index is 0.196. The highest BCUT2D eigenvalue weighted by molar-refractivity contribution is 6.32. The lowest BCUT2D eigenvalue weighted by Crippen LogP contribution is -2.19. The topological polar surface area (TPSA) is 64.1 Å². The Balaban J connectivity index is 2.16. The van der Waals surface area contributed by atoms with Crippen LogP contribution in [0.2, 0.25) is 5.15 Å². The largest absolute Gasteiger partial charge is 0.381 e. The fraction of sp³-hybridized carbons (Fsp3) is 0.583. The van der Waals surface area contributed by atoms with Crippen LogP contribution in [0.5, 0.6) is 0 Å². The molecule has 0 amide bonds. The van der Waals surface area contributed by atoms with Crippen LogP contribution in [0.25, 0.3) is 0 Å². The number of nitrogens with zero attached hydrogens (tertiary/aromatic N) is 2. The minimum Gasteiger partial charge on any atom is -0.381 e. The van der Waals surface area contributed by atoms with Crippen molar-refractivity contribution in [1.82, 2.24) is 9.97 Å². The van der Waals surface area contributed by atoms with Crippen LogP contribution in [-0.2, 0) is 4.74 Å². The van der Waals surface area contributed by atoms with Gasteiger partial charge in [0.05, 0.1) is 11.7 Å². The number of hydrogen-bond acceptors (Lipinski definition) is 5. The first-order chi connectivity index (χ1) is 8.63. The van der Waals surface area contributed by atoms with Gasteiger partial charge in [0.25, 0.3) is 0 Å². The maximum absolute atomic E-state index is 11.0. The van der Waals surface area contributed by atoms with Crippen molar-refractivity contribution in [2.24, 2.45) is 0 Å². The van der Waals surface area contributed by atoms with Crippen molar-refractivity contribution in [3.8, 4) is 0 Å². The Morgan fingerprint density at radius 2 is 2.22 bits per heavy atom. The number of nitrogens with one attached hydrogen (secondary N) is 1. The molecule has 1 heterocycles. The first kappa shape index (κ1) is 13.2. The van der Waals surface area contributed by atoms with Gasteiger partial charge < -0.3 is 10.1 Å². The fourth-order valence-corrected chi connectivity index (χ4v) is 2.50. The molecule has 98 valence electrons. The number of carbonyl (C=O) groups is 1. The van der Waals surface area contributed by atoms with Crippen molar-refractivity contribution in [3.05, 3.63) is 16.5 Å². The molecule has 1 fully saturated rings. The molecule has 0 aromatic carbocycles. The molecule has 2 atom stereocenters. The molecule has 1 saturated carbocycles. The van der Waals surface area contributed by atoms with Crippen LogP contribution in [0.15, 0.2) is 0 Å². The molecule has 1 aliphatic rings. The second-order valence-electron chi connectivity index (χ2n) is 4.45. The molecule has 1 N–H and O–H groups in total. The number of hydrogen-bond donors (Lipinski definition) is 1. The first-order valence-corrected chi connectivity index (χ1v) is 6.30. The summed E-state index contributed by atoms with van der Waals surface area (Å²) in [6, 6.07) is 0.263. The molecule has 0 saturated heterocycles. The second kappa shape index (κ2) is 5.63. The molecule has 1 aromatic rings.